The number of ether oxygens (including phenoxy) is 1. The molecule has 2 aliphatic rings. The number of para-hydroxylation sites is 1. The molecule has 0 atom stereocenters. The lowest BCUT2D eigenvalue weighted by Gasteiger charge is -2.41. The zero-order chi connectivity index (χ0) is 43.1. The Kier molecular flexibility index (Phi) is 8.89. The maximum atomic E-state index is 6.96. The minimum absolute atomic E-state index is 0.0597. The molecule has 2 heteroatoms. The summed E-state index contributed by atoms with van der Waals surface area (Å²) in [5.74, 6) is 1.82. The Morgan fingerprint density at radius 1 is 0.397 bits per heavy atom. The highest BCUT2D eigenvalue weighted by atomic mass is 16.5. The van der Waals surface area contributed by atoms with Crippen molar-refractivity contribution in [1.29, 1.82) is 0 Å². The molecule has 0 unspecified atom stereocenters. The van der Waals surface area contributed by atoms with Gasteiger partial charge in [0.2, 0.25) is 0 Å². The van der Waals surface area contributed by atoms with Crippen LogP contribution in [0.5, 0.6) is 11.5 Å². The second kappa shape index (κ2) is 14.5. The van der Waals surface area contributed by atoms with Gasteiger partial charge in [0.05, 0.1) is 16.8 Å². The normalized spacial score (nSPS) is 13.5. The second-order valence-corrected chi connectivity index (χ2v) is 19.3. The van der Waals surface area contributed by atoms with E-state index in [1.807, 2.05) is 0 Å². The predicted molar refractivity (Wildman–Crippen MR) is 264 cm³/mol. The highest BCUT2D eigenvalue weighted by Crippen LogP contribution is 2.64. The van der Waals surface area contributed by atoms with Crippen LogP contribution in [0.15, 0.2) is 200 Å². The van der Waals surface area contributed by atoms with Crippen molar-refractivity contribution in [3.8, 4) is 44.9 Å². The number of nitrogens with zero attached hydrogens (tertiary/aromatic N) is 1. The third-order valence-electron chi connectivity index (χ3n) is 13.5. The van der Waals surface area contributed by atoms with E-state index in [1.54, 1.807) is 0 Å². The monoisotopic (exact) mass is 813 g/mol. The van der Waals surface area contributed by atoms with Crippen molar-refractivity contribution in [2.75, 3.05) is 4.90 Å². The molecule has 0 amide bonds. The van der Waals surface area contributed by atoms with E-state index in [0.29, 0.717) is 0 Å². The molecule has 0 bridgehead atoms. The maximum Gasteiger partial charge on any atom is 0.132 e. The maximum absolute atomic E-state index is 6.96. The number of hydrogen-bond acceptors (Lipinski definition) is 2. The molecule has 306 valence electrons. The van der Waals surface area contributed by atoms with Crippen LogP contribution in [0, 0.1) is 0 Å². The quantitative estimate of drug-likeness (QED) is 0.172. The van der Waals surface area contributed by atoms with Gasteiger partial charge in [-0.05, 0) is 115 Å². The highest BCUT2D eigenvalue weighted by Gasteiger charge is 2.52. The first kappa shape index (κ1) is 38.7. The number of hydrogen-bond donors (Lipinski definition) is 0. The van der Waals surface area contributed by atoms with Gasteiger partial charge in [-0.15, -0.1) is 0 Å². The molecule has 2 nitrogen and oxygen atoms in total. The lowest BCUT2D eigenvalue weighted by Crippen LogP contribution is -2.33. The van der Waals surface area contributed by atoms with Gasteiger partial charge < -0.3 is 9.64 Å². The van der Waals surface area contributed by atoms with Gasteiger partial charge in [-0.2, -0.15) is 0 Å². The molecule has 0 saturated heterocycles. The Labute approximate surface area is 372 Å². The first-order valence-corrected chi connectivity index (χ1v) is 22.3. The van der Waals surface area contributed by atoms with E-state index in [0.717, 1.165) is 28.6 Å². The molecule has 11 rings (SSSR count). The first-order valence-electron chi connectivity index (χ1n) is 22.3. The average Bonchev–Trinajstić information content (AvgIpc) is 3.60. The molecule has 9 aromatic carbocycles. The standard InChI is InChI=1S/C61H51NO/c1-59(2,3)43-32-36-56-52(38-43)61(53-39-44(60(4,5)6)33-37-57(53)63-56)50-26-14-12-24-49(50)58-48(25-17-27-51(58)61)47-23-13-15-28-55(47)62(54-29-16-21-42-20-10-11-22-46(42)54)45-34-30-41(31-35-45)40-18-8-7-9-19-40/h7-39H,1-6H3. The first-order chi connectivity index (χ1) is 30.5. The van der Waals surface area contributed by atoms with Crippen LogP contribution < -0.4 is 9.64 Å². The second-order valence-electron chi connectivity index (χ2n) is 19.3. The molecule has 9 aromatic rings. The van der Waals surface area contributed by atoms with Gasteiger partial charge in [-0.25, -0.2) is 0 Å². The summed E-state index contributed by atoms with van der Waals surface area (Å²) < 4.78 is 6.96. The summed E-state index contributed by atoms with van der Waals surface area (Å²) in [5.41, 5.74) is 17.4. The Balaban J connectivity index is 1.20. The van der Waals surface area contributed by atoms with Crippen LogP contribution in [0.4, 0.5) is 17.1 Å². The molecule has 0 N–H and O–H groups in total. The molecular weight excluding hydrogens is 763 g/mol. The Morgan fingerprint density at radius 3 is 1.62 bits per heavy atom. The van der Waals surface area contributed by atoms with E-state index in [2.05, 4.69) is 247 Å². The minimum Gasteiger partial charge on any atom is -0.457 e. The van der Waals surface area contributed by atoms with Gasteiger partial charge in [-0.3, -0.25) is 0 Å². The summed E-state index contributed by atoms with van der Waals surface area (Å²) in [5, 5.41) is 2.40. The van der Waals surface area contributed by atoms with Crippen molar-refractivity contribution in [1.82, 2.24) is 0 Å². The van der Waals surface area contributed by atoms with E-state index in [4.69, 9.17) is 4.74 Å². The summed E-state index contributed by atoms with van der Waals surface area (Å²) >= 11 is 0. The van der Waals surface area contributed by atoms with Crippen LogP contribution in [0.25, 0.3) is 44.2 Å². The van der Waals surface area contributed by atoms with Gasteiger partial charge in [0.1, 0.15) is 11.5 Å². The Bertz CT molecular complexity index is 3150. The number of fused-ring (bicyclic) bond motifs is 10. The molecule has 63 heavy (non-hydrogen) atoms. The highest BCUT2D eigenvalue weighted by molar-refractivity contribution is 6.04. The molecule has 0 radical (unpaired) electrons. The van der Waals surface area contributed by atoms with E-state index >= 15 is 0 Å². The zero-order valence-corrected chi connectivity index (χ0v) is 36.9. The van der Waals surface area contributed by atoms with Crippen molar-refractivity contribution >= 4 is 27.8 Å². The fraction of sp³-hybridized carbons (Fsp3) is 0.148. The van der Waals surface area contributed by atoms with Crippen LogP contribution in [0.1, 0.15) is 74.9 Å². The molecule has 1 spiro atoms. The van der Waals surface area contributed by atoms with Gasteiger partial charge in [0, 0.05) is 27.8 Å². The van der Waals surface area contributed by atoms with Crippen molar-refractivity contribution in [2.45, 2.75) is 57.8 Å². The van der Waals surface area contributed by atoms with Crippen LogP contribution in [0.2, 0.25) is 0 Å². The molecule has 0 saturated carbocycles. The smallest absolute Gasteiger partial charge is 0.132 e. The molecular formula is C61H51NO. The van der Waals surface area contributed by atoms with Crippen LogP contribution in [-0.2, 0) is 16.2 Å². The predicted octanol–water partition coefficient (Wildman–Crippen LogP) is 16.7. The molecule has 0 aromatic heterocycles. The minimum atomic E-state index is -0.620. The number of rotatable bonds is 5. The zero-order valence-electron chi connectivity index (χ0n) is 36.9. The summed E-state index contributed by atoms with van der Waals surface area (Å²) in [6.07, 6.45) is 0. The SMILES string of the molecule is CC(C)(C)c1ccc2c(c1)C1(c3cc(C(C)(C)C)ccc3O2)c2ccccc2-c2c(-c3ccccc3N(c3ccc(-c4ccccc4)cc3)c3cccc4ccccc34)cccc21. The van der Waals surface area contributed by atoms with Gasteiger partial charge in [0.25, 0.3) is 0 Å². The van der Waals surface area contributed by atoms with Crippen molar-refractivity contribution in [3.05, 3.63) is 234 Å². The van der Waals surface area contributed by atoms with Crippen molar-refractivity contribution in [3.63, 3.8) is 0 Å². The van der Waals surface area contributed by atoms with Crippen LogP contribution in [-0.4, -0.2) is 0 Å². The van der Waals surface area contributed by atoms with Crippen LogP contribution in [0.3, 0.4) is 0 Å². The van der Waals surface area contributed by atoms with Crippen molar-refractivity contribution < 1.29 is 4.74 Å². The summed E-state index contributed by atoms with van der Waals surface area (Å²) in [7, 11) is 0. The van der Waals surface area contributed by atoms with E-state index in [-0.39, 0.29) is 10.8 Å². The Morgan fingerprint density at radius 2 is 0.921 bits per heavy atom. The summed E-state index contributed by atoms with van der Waals surface area (Å²) in [6.45, 7) is 13.8. The Hall–Kier alpha value is -7.16. The average molecular weight is 814 g/mol. The van der Waals surface area contributed by atoms with Crippen LogP contribution >= 0.6 is 0 Å². The third-order valence-corrected chi connectivity index (χ3v) is 13.5. The molecule has 1 aliphatic carbocycles. The topological polar surface area (TPSA) is 12.5 Å². The summed E-state index contributed by atoms with van der Waals surface area (Å²) in [6, 6.07) is 74.0. The van der Waals surface area contributed by atoms with Gasteiger partial charge in [0.15, 0.2) is 0 Å². The van der Waals surface area contributed by atoms with E-state index < -0.39 is 5.41 Å². The van der Waals surface area contributed by atoms with E-state index in [1.165, 1.54) is 77.5 Å². The van der Waals surface area contributed by atoms with Gasteiger partial charge >= 0.3 is 0 Å². The molecule has 1 aliphatic heterocycles. The molecule has 0 fully saturated rings. The third kappa shape index (κ3) is 6.15. The van der Waals surface area contributed by atoms with E-state index in [9.17, 15) is 0 Å². The summed E-state index contributed by atoms with van der Waals surface area (Å²) in [4.78, 5) is 2.47. The fourth-order valence-electron chi connectivity index (χ4n) is 10.3. The largest absolute Gasteiger partial charge is 0.457 e. The lowest BCUT2D eigenvalue weighted by atomic mass is 9.64. The van der Waals surface area contributed by atoms with Crippen molar-refractivity contribution in [2.24, 2.45) is 0 Å². The number of benzene rings is 9. The lowest BCUT2D eigenvalue weighted by molar-refractivity contribution is 0.433. The number of anilines is 3. The molecule has 1 heterocycles. The fourth-order valence-corrected chi connectivity index (χ4v) is 10.3. The van der Waals surface area contributed by atoms with Gasteiger partial charge in [-0.1, -0.05) is 193 Å².